The molecule has 0 amide bonds. The molecule has 5 nitrogen and oxygen atoms in total. The first-order valence-corrected chi connectivity index (χ1v) is 9.67. The summed E-state index contributed by atoms with van der Waals surface area (Å²) in [5.41, 5.74) is 2.20. The van der Waals surface area contributed by atoms with Crippen molar-refractivity contribution in [2.75, 3.05) is 33.4 Å². The smallest absolute Gasteiger partial charge is 0.193 e. The lowest BCUT2D eigenvalue weighted by Gasteiger charge is -2.26. The molecule has 1 aromatic heterocycles. The van der Waals surface area contributed by atoms with Crippen LogP contribution in [0.4, 0.5) is 0 Å². The zero-order valence-electron chi connectivity index (χ0n) is 16.4. The first-order valence-electron chi connectivity index (χ1n) is 9.67. The van der Waals surface area contributed by atoms with Gasteiger partial charge in [0, 0.05) is 44.9 Å². The number of aliphatic imine (C=N–C) groups is 1. The number of guanidine groups is 1. The standard InChI is InChI=1S/C21H30N4O.HI/c1-3-22-21(25(2)13-9-17-10-14-26-15-11-17)24-16-19-7-4-6-18-8-5-12-23-20(18)19;/h4-8,12,17H,3,9-11,13-16H2,1-2H3,(H,22,24);1H. The van der Waals surface area contributed by atoms with Crippen LogP contribution in [-0.2, 0) is 11.3 Å². The van der Waals surface area contributed by atoms with Crippen molar-refractivity contribution in [3.63, 3.8) is 0 Å². The van der Waals surface area contributed by atoms with E-state index in [-0.39, 0.29) is 24.0 Å². The Bertz CT molecular complexity index is 726. The topological polar surface area (TPSA) is 49.8 Å². The van der Waals surface area contributed by atoms with E-state index in [0.29, 0.717) is 6.54 Å². The average molecular weight is 482 g/mol. The largest absolute Gasteiger partial charge is 0.381 e. The van der Waals surface area contributed by atoms with Gasteiger partial charge in [-0.2, -0.15) is 0 Å². The van der Waals surface area contributed by atoms with Gasteiger partial charge in [0.15, 0.2) is 5.96 Å². The third-order valence-electron chi connectivity index (χ3n) is 5.03. The van der Waals surface area contributed by atoms with E-state index in [2.05, 4.69) is 53.4 Å². The molecule has 0 atom stereocenters. The van der Waals surface area contributed by atoms with Crippen molar-refractivity contribution in [2.45, 2.75) is 32.7 Å². The summed E-state index contributed by atoms with van der Waals surface area (Å²) in [6.45, 7) is 6.46. The molecule has 148 valence electrons. The highest BCUT2D eigenvalue weighted by molar-refractivity contribution is 14.0. The van der Waals surface area contributed by atoms with E-state index in [4.69, 9.17) is 9.73 Å². The van der Waals surface area contributed by atoms with Crippen molar-refractivity contribution in [3.8, 4) is 0 Å². The van der Waals surface area contributed by atoms with Crippen molar-refractivity contribution in [1.82, 2.24) is 15.2 Å². The van der Waals surface area contributed by atoms with Gasteiger partial charge >= 0.3 is 0 Å². The van der Waals surface area contributed by atoms with Crippen LogP contribution in [-0.4, -0.2) is 49.2 Å². The molecule has 1 saturated heterocycles. The molecule has 0 spiro atoms. The maximum Gasteiger partial charge on any atom is 0.193 e. The Labute approximate surface area is 179 Å². The predicted octanol–water partition coefficient (Wildman–Crippen LogP) is 4.07. The van der Waals surface area contributed by atoms with E-state index in [1.54, 1.807) is 0 Å². The number of nitrogens with one attached hydrogen (secondary N) is 1. The molecule has 1 aromatic carbocycles. The number of benzene rings is 1. The van der Waals surface area contributed by atoms with Gasteiger partial charge in [0.2, 0.25) is 0 Å². The summed E-state index contributed by atoms with van der Waals surface area (Å²) < 4.78 is 5.46. The molecule has 6 heteroatoms. The molecule has 1 fully saturated rings. The Hall–Kier alpha value is -1.41. The van der Waals surface area contributed by atoms with Gasteiger partial charge in [-0.1, -0.05) is 24.3 Å². The molecule has 1 N–H and O–H groups in total. The van der Waals surface area contributed by atoms with Crippen LogP contribution in [0.1, 0.15) is 31.7 Å². The van der Waals surface area contributed by atoms with Crippen molar-refractivity contribution in [2.24, 2.45) is 10.9 Å². The lowest BCUT2D eigenvalue weighted by molar-refractivity contribution is 0.0625. The lowest BCUT2D eigenvalue weighted by Crippen LogP contribution is -2.40. The second-order valence-electron chi connectivity index (χ2n) is 6.93. The quantitative estimate of drug-likeness (QED) is 0.383. The van der Waals surface area contributed by atoms with E-state index >= 15 is 0 Å². The number of pyridine rings is 1. The molecular weight excluding hydrogens is 451 g/mol. The number of para-hydroxylation sites is 1. The summed E-state index contributed by atoms with van der Waals surface area (Å²) in [6, 6.07) is 10.4. The summed E-state index contributed by atoms with van der Waals surface area (Å²) in [6.07, 6.45) is 5.41. The zero-order valence-corrected chi connectivity index (χ0v) is 18.7. The van der Waals surface area contributed by atoms with E-state index < -0.39 is 0 Å². The minimum Gasteiger partial charge on any atom is -0.381 e. The van der Waals surface area contributed by atoms with Gasteiger partial charge < -0.3 is 15.0 Å². The Balaban J connectivity index is 0.00000261. The SMILES string of the molecule is CCNC(=NCc1cccc2cccnc12)N(C)CCC1CCOCC1.I. The molecule has 2 aromatic rings. The minimum atomic E-state index is 0. The number of hydrogen-bond donors (Lipinski definition) is 1. The number of ether oxygens (including phenoxy) is 1. The Morgan fingerprint density at radius 3 is 2.81 bits per heavy atom. The van der Waals surface area contributed by atoms with Gasteiger partial charge in [-0.3, -0.25) is 4.98 Å². The maximum atomic E-state index is 5.46. The van der Waals surface area contributed by atoms with Crippen LogP contribution in [0.3, 0.4) is 0 Å². The number of rotatable bonds is 6. The highest BCUT2D eigenvalue weighted by Gasteiger charge is 2.15. The van der Waals surface area contributed by atoms with Gasteiger partial charge in [-0.15, -0.1) is 24.0 Å². The molecular formula is C21H31IN4O. The highest BCUT2D eigenvalue weighted by Crippen LogP contribution is 2.19. The molecule has 0 aliphatic carbocycles. The average Bonchev–Trinajstić information content (AvgIpc) is 2.70. The molecule has 27 heavy (non-hydrogen) atoms. The van der Waals surface area contributed by atoms with Crippen molar-refractivity contribution in [1.29, 1.82) is 0 Å². The van der Waals surface area contributed by atoms with Gasteiger partial charge in [-0.25, -0.2) is 4.99 Å². The fourth-order valence-electron chi connectivity index (χ4n) is 3.44. The lowest BCUT2D eigenvalue weighted by atomic mass is 9.96. The van der Waals surface area contributed by atoms with Crippen LogP contribution in [0.25, 0.3) is 10.9 Å². The summed E-state index contributed by atoms with van der Waals surface area (Å²) in [7, 11) is 2.13. The van der Waals surface area contributed by atoms with Gasteiger partial charge in [-0.05, 0) is 43.7 Å². The fourth-order valence-corrected chi connectivity index (χ4v) is 3.44. The first-order chi connectivity index (χ1) is 12.8. The molecule has 0 unspecified atom stereocenters. The van der Waals surface area contributed by atoms with Crippen LogP contribution in [0.15, 0.2) is 41.5 Å². The summed E-state index contributed by atoms with van der Waals surface area (Å²) in [5, 5.41) is 4.58. The first kappa shape index (κ1) is 21.9. The van der Waals surface area contributed by atoms with Crippen LogP contribution in [0.2, 0.25) is 0 Å². The molecule has 1 aliphatic heterocycles. The van der Waals surface area contributed by atoms with Crippen molar-refractivity contribution < 1.29 is 4.74 Å². The number of fused-ring (bicyclic) bond motifs is 1. The van der Waals surface area contributed by atoms with E-state index in [1.165, 1.54) is 19.3 Å². The normalized spacial score (nSPS) is 15.4. The number of halogens is 1. The zero-order chi connectivity index (χ0) is 18.2. The maximum absolute atomic E-state index is 5.46. The number of aromatic nitrogens is 1. The number of hydrogen-bond acceptors (Lipinski definition) is 3. The van der Waals surface area contributed by atoms with Gasteiger partial charge in [0.25, 0.3) is 0 Å². The van der Waals surface area contributed by atoms with Crippen molar-refractivity contribution >= 4 is 40.8 Å². The van der Waals surface area contributed by atoms with E-state index in [9.17, 15) is 0 Å². The van der Waals surface area contributed by atoms with Gasteiger partial charge in [0.1, 0.15) is 0 Å². The van der Waals surface area contributed by atoms with Crippen LogP contribution in [0, 0.1) is 5.92 Å². The van der Waals surface area contributed by atoms with Crippen LogP contribution in [0.5, 0.6) is 0 Å². The Kier molecular flexibility index (Phi) is 9.27. The van der Waals surface area contributed by atoms with Crippen LogP contribution >= 0.6 is 24.0 Å². The molecule has 0 radical (unpaired) electrons. The highest BCUT2D eigenvalue weighted by atomic mass is 127. The number of nitrogens with zero attached hydrogens (tertiary/aromatic N) is 3. The molecule has 1 aliphatic rings. The van der Waals surface area contributed by atoms with E-state index in [1.807, 2.05) is 12.3 Å². The Morgan fingerprint density at radius 2 is 2.04 bits per heavy atom. The summed E-state index contributed by atoms with van der Waals surface area (Å²) in [4.78, 5) is 11.6. The fraction of sp³-hybridized carbons (Fsp3) is 0.524. The molecule has 3 rings (SSSR count). The summed E-state index contributed by atoms with van der Waals surface area (Å²) >= 11 is 0. The molecule has 0 bridgehead atoms. The second kappa shape index (κ2) is 11.4. The third kappa shape index (κ3) is 6.31. The van der Waals surface area contributed by atoms with Crippen molar-refractivity contribution in [3.05, 3.63) is 42.1 Å². The second-order valence-corrected chi connectivity index (χ2v) is 6.93. The van der Waals surface area contributed by atoms with Gasteiger partial charge in [0.05, 0.1) is 12.1 Å². The third-order valence-corrected chi connectivity index (χ3v) is 5.03. The van der Waals surface area contributed by atoms with E-state index in [0.717, 1.165) is 54.6 Å². The monoisotopic (exact) mass is 482 g/mol. The minimum absolute atomic E-state index is 0. The predicted molar refractivity (Wildman–Crippen MR) is 123 cm³/mol. The van der Waals surface area contributed by atoms with Crippen LogP contribution < -0.4 is 5.32 Å². The molecule has 0 saturated carbocycles. The Morgan fingerprint density at radius 1 is 1.26 bits per heavy atom. The summed E-state index contributed by atoms with van der Waals surface area (Å²) in [5.74, 6) is 1.74. The molecule has 2 heterocycles.